The van der Waals surface area contributed by atoms with Crippen molar-refractivity contribution in [2.24, 2.45) is 0 Å². The normalized spacial score (nSPS) is 19.5. The number of rotatable bonds is 7. The molecule has 3 aromatic carbocycles. The fourth-order valence-electron chi connectivity index (χ4n) is 5.79. The van der Waals surface area contributed by atoms with Gasteiger partial charge in [0.15, 0.2) is 0 Å². The molecule has 0 aromatic heterocycles. The van der Waals surface area contributed by atoms with Crippen LogP contribution >= 0.6 is 0 Å². The zero-order valence-electron chi connectivity index (χ0n) is 22.5. The minimum absolute atomic E-state index is 0.0358. The Labute approximate surface area is 233 Å². The molecular formula is C32H32N4O4. The molecule has 3 aliphatic heterocycles. The predicted molar refractivity (Wildman–Crippen MR) is 150 cm³/mol. The number of para-hydroxylation sites is 1. The second-order valence-corrected chi connectivity index (χ2v) is 10.5. The van der Waals surface area contributed by atoms with E-state index in [1.54, 1.807) is 11.9 Å². The molecule has 0 saturated carbocycles. The Morgan fingerprint density at radius 3 is 2.33 bits per heavy atom. The Hall–Kier alpha value is -4.59. The van der Waals surface area contributed by atoms with Gasteiger partial charge in [0.25, 0.3) is 5.91 Å². The summed E-state index contributed by atoms with van der Waals surface area (Å²) < 4.78 is 6.03. The molecule has 1 N–H and O–H groups in total. The quantitative estimate of drug-likeness (QED) is 0.482. The number of benzene rings is 3. The number of amides is 4. The second kappa shape index (κ2) is 10.9. The number of carbonyl (C=O) groups excluding carboxylic acids is 3. The summed E-state index contributed by atoms with van der Waals surface area (Å²) in [6.45, 7) is 1.61. The average Bonchev–Trinajstić information content (AvgIpc) is 3.64. The molecule has 204 valence electrons. The summed E-state index contributed by atoms with van der Waals surface area (Å²) in [4.78, 5) is 46.1. The molecule has 1 saturated heterocycles. The van der Waals surface area contributed by atoms with Crippen LogP contribution in [-0.4, -0.2) is 65.3 Å². The van der Waals surface area contributed by atoms with Crippen LogP contribution in [0.2, 0.25) is 0 Å². The van der Waals surface area contributed by atoms with Crippen LogP contribution < -0.4 is 10.1 Å². The summed E-state index contributed by atoms with van der Waals surface area (Å²) in [7, 11) is 1.67. The summed E-state index contributed by atoms with van der Waals surface area (Å²) in [6.07, 6.45) is 2.35. The van der Waals surface area contributed by atoms with E-state index in [0.29, 0.717) is 42.3 Å². The minimum atomic E-state index is -0.658. The van der Waals surface area contributed by atoms with E-state index in [9.17, 15) is 14.4 Å². The Morgan fingerprint density at radius 2 is 1.60 bits per heavy atom. The van der Waals surface area contributed by atoms with Crippen LogP contribution in [0, 0.1) is 0 Å². The van der Waals surface area contributed by atoms with Crippen molar-refractivity contribution >= 4 is 17.8 Å². The van der Waals surface area contributed by atoms with Gasteiger partial charge < -0.3 is 19.9 Å². The third-order valence-corrected chi connectivity index (χ3v) is 7.91. The highest BCUT2D eigenvalue weighted by Gasteiger charge is 2.47. The van der Waals surface area contributed by atoms with Crippen molar-refractivity contribution in [1.29, 1.82) is 0 Å². The van der Waals surface area contributed by atoms with Crippen molar-refractivity contribution in [1.82, 2.24) is 20.0 Å². The van der Waals surface area contributed by atoms with E-state index in [1.807, 2.05) is 89.8 Å². The molecule has 0 radical (unpaired) electrons. The lowest BCUT2D eigenvalue weighted by Gasteiger charge is -2.31. The van der Waals surface area contributed by atoms with Crippen molar-refractivity contribution in [3.05, 3.63) is 107 Å². The van der Waals surface area contributed by atoms with Crippen molar-refractivity contribution in [2.45, 2.75) is 31.3 Å². The largest absolute Gasteiger partial charge is 0.457 e. The second-order valence-electron chi connectivity index (χ2n) is 10.5. The number of hydrogen-bond donors (Lipinski definition) is 1. The van der Waals surface area contributed by atoms with E-state index >= 15 is 0 Å². The van der Waals surface area contributed by atoms with Crippen molar-refractivity contribution < 1.29 is 19.1 Å². The van der Waals surface area contributed by atoms with Crippen LogP contribution in [0.4, 0.5) is 4.79 Å². The monoisotopic (exact) mass is 536 g/mol. The molecule has 3 aliphatic rings. The summed E-state index contributed by atoms with van der Waals surface area (Å²) in [5.41, 5.74) is 2.84. The smallest absolute Gasteiger partial charge is 0.322 e. The van der Waals surface area contributed by atoms with Gasteiger partial charge in [0, 0.05) is 26.6 Å². The first-order chi connectivity index (χ1) is 19.5. The topological polar surface area (TPSA) is 82.2 Å². The number of hydrogen-bond acceptors (Lipinski definition) is 4. The van der Waals surface area contributed by atoms with Crippen molar-refractivity contribution in [2.75, 3.05) is 26.7 Å². The molecule has 1 fully saturated rings. The number of urea groups is 1. The van der Waals surface area contributed by atoms with Crippen LogP contribution in [-0.2, 0) is 16.0 Å². The van der Waals surface area contributed by atoms with Crippen LogP contribution in [0.15, 0.2) is 96.2 Å². The van der Waals surface area contributed by atoms with Gasteiger partial charge in [0.05, 0.1) is 23.9 Å². The first-order valence-electron chi connectivity index (χ1n) is 13.7. The van der Waals surface area contributed by atoms with Gasteiger partial charge in [-0.05, 0) is 48.2 Å². The fourth-order valence-corrected chi connectivity index (χ4v) is 5.79. The Balaban J connectivity index is 1.32. The third kappa shape index (κ3) is 4.93. The van der Waals surface area contributed by atoms with Gasteiger partial charge in [-0.3, -0.25) is 14.5 Å². The molecule has 6 rings (SSSR count). The molecule has 4 amide bonds. The maximum absolute atomic E-state index is 14.2. The van der Waals surface area contributed by atoms with Crippen LogP contribution in [0.3, 0.4) is 0 Å². The first-order valence-corrected chi connectivity index (χ1v) is 13.7. The summed E-state index contributed by atoms with van der Waals surface area (Å²) in [5.74, 6) is 1.03. The first kappa shape index (κ1) is 25.7. The number of ether oxygens (including phenoxy) is 1. The van der Waals surface area contributed by atoms with E-state index < -0.39 is 12.1 Å². The lowest BCUT2D eigenvalue weighted by molar-refractivity contribution is -0.142. The standard InChI is InChI=1S/C32H32N4O4/c1-34-27-21-36(26(19-22-11-4-2-5-12-22)30(37)35-17-8-9-18-35)31(38)28(27)29(33-32(34)39)23-13-10-16-25(20-23)40-24-14-6-3-7-15-24/h2-7,10-16,20,26,29H,8-9,17-19,21H2,1H3,(H,33,39)/t26-,29-/m1/s1. The van der Waals surface area contributed by atoms with E-state index in [4.69, 9.17) is 4.74 Å². The highest BCUT2D eigenvalue weighted by Crippen LogP contribution is 2.38. The number of likely N-dealkylation sites (tertiary alicyclic amines) is 1. The Bertz CT molecular complexity index is 1450. The average molecular weight is 537 g/mol. The van der Waals surface area contributed by atoms with Gasteiger partial charge in [-0.25, -0.2) is 4.79 Å². The summed E-state index contributed by atoms with van der Waals surface area (Å²) >= 11 is 0. The molecule has 0 unspecified atom stereocenters. The zero-order valence-corrected chi connectivity index (χ0v) is 22.5. The Kier molecular flexibility index (Phi) is 6.99. The molecule has 8 nitrogen and oxygen atoms in total. The van der Waals surface area contributed by atoms with Gasteiger partial charge in [0.1, 0.15) is 17.5 Å². The highest BCUT2D eigenvalue weighted by molar-refractivity contribution is 6.03. The molecule has 0 aliphatic carbocycles. The SMILES string of the molecule is CN1C(=O)N[C@H](c2cccc(Oc3ccccc3)c2)C2=C1CN([C@H](Cc1ccccc1)C(=O)N1CCCC1)C2=O. The predicted octanol–water partition coefficient (Wildman–Crippen LogP) is 4.51. The van der Waals surface area contributed by atoms with Gasteiger partial charge >= 0.3 is 6.03 Å². The third-order valence-electron chi connectivity index (χ3n) is 7.91. The molecule has 3 heterocycles. The highest BCUT2D eigenvalue weighted by atomic mass is 16.5. The van der Waals surface area contributed by atoms with Crippen LogP contribution in [0.1, 0.15) is 30.0 Å². The number of nitrogens with one attached hydrogen (secondary N) is 1. The van der Waals surface area contributed by atoms with Crippen molar-refractivity contribution in [3.8, 4) is 11.5 Å². The molecule has 2 atom stereocenters. The summed E-state index contributed by atoms with van der Waals surface area (Å²) in [5, 5.41) is 3.00. The van der Waals surface area contributed by atoms with Crippen LogP contribution in [0.5, 0.6) is 11.5 Å². The van der Waals surface area contributed by atoms with E-state index in [-0.39, 0.29) is 24.4 Å². The van der Waals surface area contributed by atoms with Gasteiger partial charge in [-0.1, -0.05) is 60.7 Å². The zero-order chi connectivity index (χ0) is 27.6. The van der Waals surface area contributed by atoms with Gasteiger partial charge in [-0.2, -0.15) is 0 Å². The molecule has 40 heavy (non-hydrogen) atoms. The number of nitrogens with zero attached hydrogens (tertiary/aromatic N) is 3. The Morgan fingerprint density at radius 1 is 0.925 bits per heavy atom. The lowest BCUT2D eigenvalue weighted by Crippen LogP contribution is -2.50. The van der Waals surface area contributed by atoms with Gasteiger partial charge in [-0.15, -0.1) is 0 Å². The molecule has 3 aromatic rings. The molecule has 8 heteroatoms. The summed E-state index contributed by atoms with van der Waals surface area (Å²) in [6, 6.07) is 25.1. The molecule has 0 bridgehead atoms. The van der Waals surface area contributed by atoms with Gasteiger partial charge in [0.2, 0.25) is 5.91 Å². The number of carbonyl (C=O) groups is 3. The van der Waals surface area contributed by atoms with Crippen LogP contribution in [0.25, 0.3) is 0 Å². The molecule has 0 spiro atoms. The maximum atomic E-state index is 14.2. The maximum Gasteiger partial charge on any atom is 0.322 e. The van der Waals surface area contributed by atoms with E-state index in [0.717, 1.165) is 24.0 Å². The van der Waals surface area contributed by atoms with E-state index in [2.05, 4.69) is 5.32 Å². The molecular weight excluding hydrogens is 504 g/mol. The fraction of sp³-hybridized carbons (Fsp3) is 0.281. The van der Waals surface area contributed by atoms with E-state index in [1.165, 1.54) is 4.90 Å². The lowest BCUT2D eigenvalue weighted by atomic mass is 9.95. The minimum Gasteiger partial charge on any atom is -0.457 e. The van der Waals surface area contributed by atoms with Crippen molar-refractivity contribution in [3.63, 3.8) is 0 Å². The number of likely N-dealkylation sites (N-methyl/N-ethyl adjacent to an activating group) is 1.